The second-order valence-electron chi connectivity index (χ2n) is 10.9. The second kappa shape index (κ2) is 13.8. The van der Waals surface area contributed by atoms with Gasteiger partial charge < -0.3 is 34.0 Å². The van der Waals surface area contributed by atoms with Crippen LogP contribution in [0.15, 0.2) is 84.9 Å². The molecule has 2 heterocycles. The average molecular weight is 648 g/mol. The first-order valence-corrected chi connectivity index (χ1v) is 15.0. The maximum absolute atomic E-state index is 14.3. The number of hydrogen-bond acceptors (Lipinski definition) is 7. The highest BCUT2D eigenvalue weighted by Gasteiger charge is 2.21. The number of halogens is 1. The quantitative estimate of drug-likeness (QED) is 0.111. The molecule has 1 amide bonds. The number of methoxy groups -OCH3 is 5. The van der Waals surface area contributed by atoms with Crippen molar-refractivity contribution in [2.75, 3.05) is 35.5 Å². The Kier molecular flexibility index (Phi) is 9.15. The van der Waals surface area contributed by atoms with Gasteiger partial charge in [0.15, 0.2) is 11.5 Å². The van der Waals surface area contributed by atoms with E-state index < -0.39 is 0 Å². The number of ether oxygens (including phenoxy) is 5. The van der Waals surface area contributed by atoms with E-state index in [4.69, 9.17) is 28.7 Å². The number of rotatable bonds is 11. The normalized spacial score (nSPS) is 11.4. The van der Waals surface area contributed by atoms with Gasteiger partial charge in [0.2, 0.25) is 5.75 Å². The van der Waals surface area contributed by atoms with Crippen molar-refractivity contribution < 1.29 is 32.9 Å². The van der Waals surface area contributed by atoms with Crippen molar-refractivity contribution in [3.63, 3.8) is 0 Å². The molecular formula is C38H34FN3O6. The Morgan fingerprint density at radius 3 is 2.15 bits per heavy atom. The van der Waals surface area contributed by atoms with Crippen LogP contribution in [-0.2, 0) is 11.3 Å². The molecule has 0 aliphatic carbocycles. The van der Waals surface area contributed by atoms with E-state index in [0.29, 0.717) is 62.4 Å². The van der Waals surface area contributed by atoms with E-state index in [1.807, 2.05) is 36.4 Å². The summed E-state index contributed by atoms with van der Waals surface area (Å²) in [6.07, 6.45) is 1.73. The lowest BCUT2D eigenvalue weighted by molar-refractivity contribution is -0.115. The highest BCUT2D eigenvalue weighted by Crippen LogP contribution is 2.41. The monoisotopic (exact) mass is 647 g/mol. The Balaban J connectivity index is 1.44. The van der Waals surface area contributed by atoms with Crippen molar-refractivity contribution in [1.29, 1.82) is 0 Å². The predicted octanol–water partition coefficient (Wildman–Crippen LogP) is 7.42. The van der Waals surface area contributed by atoms with E-state index >= 15 is 0 Å². The number of carbonyl (C=O) groups is 1. The number of nitrogens with one attached hydrogen (secondary N) is 2. The zero-order chi connectivity index (χ0) is 33.8. The van der Waals surface area contributed by atoms with Gasteiger partial charge in [-0.2, -0.15) is 0 Å². The van der Waals surface area contributed by atoms with Crippen molar-refractivity contribution in [3.8, 4) is 40.0 Å². The van der Waals surface area contributed by atoms with Crippen LogP contribution < -0.4 is 29.0 Å². The molecule has 0 atom stereocenters. The summed E-state index contributed by atoms with van der Waals surface area (Å²) in [5.74, 6) is 1.54. The third-order valence-corrected chi connectivity index (χ3v) is 7.98. The van der Waals surface area contributed by atoms with Gasteiger partial charge in [0, 0.05) is 33.5 Å². The number of para-hydroxylation sites is 1. The zero-order valence-corrected chi connectivity index (χ0v) is 27.1. The van der Waals surface area contributed by atoms with E-state index in [2.05, 4.69) is 10.3 Å². The molecule has 2 N–H and O–H groups in total. The number of aromatic nitrogens is 2. The molecule has 0 spiro atoms. The second-order valence-corrected chi connectivity index (χ2v) is 10.9. The van der Waals surface area contributed by atoms with Gasteiger partial charge >= 0.3 is 0 Å². The van der Waals surface area contributed by atoms with Crippen molar-refractivity contribution in [3.05, 3.63) is 108 Å². The molecule has 6 rings (SSSR count). The number of aromatic amines is 1. The third-order valence-electron chi connectivity index (χ3n) is 7.98. The first kappa shape index (κ1) is 31.9. The minimum atomic E-state index is -0.390. The Bertz CT molecular complexity index is 2130. The van der Waals surface area contributed by atoms with Gasteiger partial charge in [-0.1, -0.05) is 30.3 Å². The van der Waals surface area contributed by atoms with Crippen LogP contribution in [-0.4, -0.2) is 51.4 Å². The van der Waals surface area contributed by atoms with E-state index in [-0.39, 0.29) is 18.3 Å². The van der Waals surface area contributed by atoms with Crippen LogP contribution in [0.4, 0.5) is 4.39 Å². The number of nitrogens with zero attached hydrogens (tertiary/aromatic N) is 1. The number of amides is 1. The van der Waals surface area contributed by atoms with E-state index in [9.17, 15) is 9.18 Å². The molecule has 4 aromatic carbocycles. The maximum Gasteiger partial charge on any atom is 0.252 e. The fourth-order valence-electron chi connectivity index (χ4n) is 5.70. The summed E-state index contributed by atoms with van der Waals surface area (Å²) in [5, 5.41) is 4.95. The summed E-state index contributed by atoms with van der Waals surface area (Å²) in [5.41, 5.74) is 4.98. The van der Waals surface area contributed by atoms with Crippen LogP contribution in [0.2, 0.25) is 0 Å². The van der Waals surface area contributed by atoms with Crippen molar-refractivity contribution in [2.24, 2.45) is 0 Å². The van der Waals surface area contributed by atoms with Crippen molar-refractivity contribution in [2.45, 2.75) is 6.54 Å². The van der Waals surface area contributed by atoms with Crippen LogP contribution in [0.5, 0.6) is 28.7 Å². The molecule has 0 radical (unpaired) electrons. The number of carbonyl (C=O) groups excluding carboxylic acids is 1. The van der Waals surface area contributed by atoms with E-state index in [1.165, 1.54) is 33.5 Å². The third kappa shape index (κ3) is 6.32. The minimum absolute atomic E-state index is 0.0831. The smallest absolute Gasteiger partial charge is 0.252 e. The molecule has 0 aliphatic heterocycles. The molecule has 244 valence electrons. The van der Waals surface area contributed by atoms with Crippen LogP contribution in [0, 0.1) is 5.82 Å². The maximum atomic E-state index is 14.3. The first-order chi connectivity index (χ1) is 23.3. The lowest BCUT2D eigenvalue weighted by Gasteiger charge is -2.16. The van der Waals surface area contributed by atoms with Crippen molar-refractivity contribution in [1.82, 2.24) is 15.3 Å². The van der Waals surface area contributed by atoms with Crippen LogP contribution in [0.25, 0.3) is 44.7 Å². The van der Waals surface area contributed by atoms with Crippen LogP contribution >= 0.6 is 0 Å². The average Bonchev–Trinajstić information content (AvgIpc) is 3.50. The minimum Gasteiger partial charge on any atom is -0.497 e. The highest BCUT2D eigenvalue weighted by molar-refractivity contribution is 6.24. The summed E-state index contributed by atoms with van der Waals surface area (Å²) in [4.78, 5) is 22.5. The number of fused-ring (bicyclic) bond motifs is 3. The lowest BCUT2D eigenvalue weighted by Crippen LogP contribution is -2.24. The molecule has 0 aliphatic rings. The predicted molar refractivity (Wildman–Crippen MR) is 184 cm³/mol. The van der Waals surface area contributed by atoms with Gasteiger partial charge in [0.1, 0.15) is 17.3 Å². The molecule has 6 aromatic rings. The van der Waals surface area contributed by atoms with Gasteiger partial charge in [-0.3, -0.25) is 4.79 Å². The Morgan fingerprint density at radius 2 is 1.50 bits per heavy atom. The number of pyridine rings is 1. The summed E-state index contributed by atoms with van der Waals surface area (Å²) in [6.45, 7) is 0.0831. The Labute approximate surface area is 276 Å². The Hall–Kier alpha value is -6.03. The molecule has 0 bridgehead atoms. The van der Waals surface area contributed by atoms with Gasteiger partial charge in [-0.25, -0.2) is 9.37 Å². The molecule has 2 aromatic heterocycles. The SMILES string of the molecule is COc1cc(/C=C(/C(=O)NCc2cc3c([nH]c4ccccc43)c(-c3cccc(F)c3)n2)c2cc(OC)c(OC)c(OC)c2)cc(OC)c1. The number of hydrogen-bond donors (Lipinski definition) is 2. The summed E-state index contributed by atoms with van der Waals surface area (Å²) < 4.78 is 42.0. The number of benzene rings is 4. The van der Waals surface area contributed by atoms with Gasteiger partial charge in [0.05, 0.1) is 59.0 Å². The van der Waals surface area contributed by atoms with Gasteiger partial charge in [-0.05, 0) is 65.7 Å². The molecular weight excluding hydrogens is 613 g/mol. The van der Waals surface area contributed by atoms with E-state index in [1.54, 1.807) is 56.7 Å². The molecule has 10 heteroatoms. The molecule has 0 saturated heterocycles. The summed E-state index contributed by atoms with van der Waals surface area (Å²) >= 11 is 0. The van der Waals surface area contributed by atoms with Gasteiger partial charge in [0.25, 0.3) is 5.91 Å². The fourth-order valence-corrected chi connectivity index (χ4v) is 5.70. The van der Waals surface area contributed by atoms with Gasteiger partial charge in [-0.15, -0.1) is 0 Å². The fraction of sp³-hybridized carbons (Fsp3) is 0.158. The lowest BCUT2D eigenvalue weighted by atomic mass is 10.00. The zero-order valence-electron chi connectivity index (χ0n) is 27.1. The van der Waals surface area contributed by atoms with Crippen molar-refractivity contribution >= 4 is 39.4 Å². The largest absolute Gasteiger partial charge is 0.497 e. The summed E-state index contributed by atoms with van der Waals surface area (Å²) in [7, 11) is 7.66. The van der Waals surface area contributed by atoms with Crippen LogP contribution in [0.3, 0.4) is 0 Å². The molecule has 0 saturated carbocycles. The van der Waals surface area contributed by atoms with E-state index in [0.717, 1.165) is 21.8 Å². The Morgan fingerprint density at radius 1 is 0.792 bits per heavy atom. The number of H-pyrrole nitrogens is 1. The molecule has 9 nitrogen and oxygen atoms in total. The molecule has 0 fully saturated rings. The standard InChI is InChI=1S/C38H34FN3O6/c1-44-27-13-22(14-28(20-27)45-2)15-30(24-17-33(46-3)37(48-5)34(18-24)47-4)38(43)40-21-26-19-31-29-11-6-7-12-32(29)42-36(31)35(41-26)23-9-8-10-25(39)16-23/h6-20,42H,21H2,1-5H3,(H,40,43)/b30-15+. The summed E-state index contributed by atoms with van der Waals surface area (Å²) in [6, 6.07) is 24.9. The first-order valence-electron chi connectivity index (χ1n) is 15.0. The molecule has 0 unspecified atom stereocenters. The topological polar surface area (TPSA) is 104 Å². The molecule has 48 heavy (non-hydrogen) atoms. The highest BCUT2D eigenvalue weighted by atomic mass is 19.1. The van der Waals surface area contributed by atoms with Crippen LogP contribution in [0.1, 0.15) is 16.8 Å².